The number of halogens is 1. The number of anilines is 2. The smallest absolute Gasteiger partial charge is 0.332 e. The molecule has 0 saturated carbocycles. The second-order valence-electron chi connectivity index (χ2n) is 6.99. The predicted molar refractivity (Wildman–Crippen MR) is 123 cm³/mol. The number of rotatable bonds is 8. The van der Waals surface area contributed by atoms with Gasteiger partial charge in [-0.3, -0.25) is 23.5 Å². The van der Waals surface area contributed by atoms with E-state index in [1.54, 1.807) is 19.1 Å². The molecule has 0 radical (unpaired) electrons. The Balaban J connectivity index is 2.00. The lowest BCUT2D eigenvalue weighted by Crippen LogP contribution is -2.44. The van der Waals surface area contributed by atoms with Gasteiger partial charge in [0.1, 0.15) is 11.4 Å². The SMILES string of the molecule is CCn1c(=O)c(C(=O)CNc2cc(Cl)ccc2C(N)=O)c(N)n(Cc2ccccc2)c1=O. The predicted octanol–water partition coefficient (Wildman–Crippen LogP) is 1.71. The zero-order chi connectivity index (χ0) is 23.4. The van der Waals surface area contributed by atoms with Crippen LogP contribution in [0.3, 0.4) is 0 Å². The summed E-state index contributed by atoms with van der Waals surface area (Å²) in [6.07, 6.45) is 0. The number of hydrogen-bond donors (Lipinski definition) is 3. The van der Waals surface area contributed by atoms with Gasteiger partial charge in [0.15, 0.2) is 5.78 Å². The van der Waals surface area contributed by atoms with Gasteiger partial charge in [-0.1, -0.05) is 41.9 Å². The van der Waals surface area contributed by atoms with Crippen molar-refractivity contribution in [1.29, 1.82) is 0 Å². The summed E-state index contributed by atoms with van der Waals surface area (Å²) in [6.45, 7) is 1.43. The molecule has 0 atom stereocenters. The number of nitrogens with two attached hydrogens (primary N) is 2. The Morgan fingerprint density at radius 1 is 1.06 bits per heavy atom. The van der Waals surface area contributed by atoms with Crippen LogP contribution in [0.1, 0.15) is 33.2 Å². The second-order valence-corrected chi connectivity index (χ2v) is 7.43. The Kier molecular flexibility index (Phi) is 6.79. The molecule has 1 aromatic heterocycles. The fourth-order valence-electron chi connectivity index (χ4n) is 3.32. The third kappa shape index (κ3) is 4.57. The van der Waals surface area contributed by atoms with E-state index in [1.165, 1.54) is 22.8 Å². The maximum Gasteiger partial charge on any atom is 0.332 e. The lowest BCUT2D eigenvalue weighted by molar-refractivity contribution is 0.0990. The largest absolute Gasteiger partial charge is 0.384 e. The van der Waals surface area contributed by atoms with E-state index in [-0.39, 0.29) is 42.3 Å². The summed E-state index contributed by atoms with van der Waals surface area (Å²) in [7, 11) is 0. The first kappa shape index (κ1) is 22.8. The van der Waals surface area contributed by atoms with E-state index in [4.69, 9.17) is 23.1 Å². The highest BCUT2D eigenvalue weighted by Gasteiger charge is 2.22. The fourth-order valence-corrected chi connectivity index (χ4v) is 3.49. The number of hydrogen-bond acceptors (Lipinski definition) is 6. The maximum atomic E-state index is 13.0. The van der Waals surface area contributed by atoms with E-state index in [9.17, 15) is 19.2 Å². The highest BCUT2D eigenvalue weighted by molar-refractivity contribution is 6.31. The fraction of sp³-hybridized carbons (Fsp3) is 0.182. The summed E-state index contributed by atoms with van der Waals surface area (Å²) in [5.74, 6) is -1.57. The van der Waals surface area contributed by atoms with E-state index in [1.807, 2.05) is 18.2 Å². The molecule has 9 nitrogen and oxygen atoms in total. The van der Waals surface area contributed by atoms with Gasteiger partial charge in [-0.05, 0) is 30.7 Å². The van der Waals surface area contributed by atoms with Gasteiger partial charge in [-0.15, -0.1) is 0 Å². The van der Waals surface area contributed by atoms with Gasteiger partial charge in [0.05, 0.1) is 18.7 Å². The molecule has 0 aliphatic rings. The topological polar surface area (TPSA) is 142 Å². The Morgan fingerprint density at radius 3 is 2.38 bits per heavy atom. The van der Waals surface area contributed by atoms with Gasteiger partial charge < -0.3 is 16.8 Å². The lowest BCUT2D eigenvalue weighted by atomic mass is 10.1. The van der Waals surface area contributed by atoms with Crippen LogP contribution in [0.5, 0.6) is 0 Å². The standard InChI is InChI=1S/C22H22ClN5O4/c1-2-27-21(31)18(19(24)28(22(27)32)12-13-6-4-3-5-7-13)17(29)11-26-16-10-14(23)8-9-15(16)20(25)30/h3-10,26H,2,11-12,24H2,1H3,(H2,25,30). The third-order valence-electron chi connectivity index (χ3n) is 4.93. The number of nitrogens with one attached hydrogen (secondary N) is 1. The van der Waals surface area contributed by atoms with E-state index < -0.39 is 22.9 Å². The summed E-state index contributed by atoms with van der Waals surface area (Å²) in [4.78, 5) is 50.3. The van der Waals surface area contributed by atoms with Gasteiger partial charge in [0.25, 0.3) is 11.5 Å². The first-order valence-electron chi connectivity index (χ1n) is 9.78. The molecular weight excluding hydrogens is 434 g/mol. The zero-order valence-electron chi connectivity index (χ0n) is 17.3. The minimum atomic E-state index is -0.771. The van der Waals surface area contributed by atoms with Gasteiger partial charge in [0.2, 0.25) is 0 Å². The molecule has 0 unspecified atom stereocenters. The Bertz CT molecular complexity index is 1300. The van der Waals surface area contributed by atoms with Crippen LogP contribution in [-0.4, -0.2) is 27.4 Å². The van der Waals surface area contributed by atoms with E-state index in [0.29, 0.717) is 5.02 Å². The molecule has 10 heteroatoms. The van der Waals surface area contributed by atoms with Crippen LogP contribution >= 0.6 is 11.6 Å². The van der Waals surface area contributed by atoms with E-state index >= 15 is 0 Å². The first-order valence-corrected chi connectivity index (χ1v) is 10.2. The number of benzene rings is 2. The van der Waals surface area contributed by atoms with E-state index in [2.05, 4.69) is 5.32 Å². The molecule has 3 aromatic rings. The monoisotopic (exact) mass is 455 g/mol. The number of carbonyl (C=O) groups excluding carboxylic acids is 2. The quantitative estimate of drug-likeness (QED) is 0.441. The number of carbonyl (C=O) groups is 2. The van der Waals surface area contributed by atoms with Gasteiger partial charge in [-0.2, -0.15) is 0 Å². The van der Waals surface area contributed by atoms with Crippen molar-refractivity contribution in [2.24, 2.45) is 5.73 Å². The lowest BCUT2D eigenvalue weighted by Gasteiger charge is -2.16. The minimum Gasteiger partial charge on any atom is -0.384 e. The Hall–Kier alpha value is -3.85. The Labute approximate surface area is 188 Å². The summed E-state index contributed by atoms with van der Waals surface area (Å²) in [6, 6.07) is 13.4. The number of aromatic nitrogens is 2. The van der Waals surface area contributed by atoms with Crippen LogP contribution in [0.2, 0.25) is 5.02 Å². The average molecular weight is 456 g/mol. The van der Waals surface area contributed by atoms with Crippen LogP contribution in [0, 0.1) is 0 Å². The molecule has 0 bridgehead atoms. The van der Waals surface area contributed by atoms with Gasteiger partial charge in [0, 0.05) is 17.3 Å². The number of ketones is 1. The number of Topliss-reactive ketones (excluding diaryl/α,β-unsaturated/α-hetero) is 1. The molecular formula is C22H22ClN5O4. The summed E-state index contributed by atoms with van der Waals surface area (Å²) in [5, 5.41) is 3.11. The molecule has 0 saturated heterocycles. The van der Waals surface area contributed by atoms with Crippen molar-refractivity contribution in [3.63, 3.8) is 0 Å². The summed E-state index contributed by atoms with van der Waals surface area (Å²) >= 11 is 5.97. The van der Waals surface area contributed by atoms with Gasteiger partial charge >= 0.3 is 5.69 Å². The number of amides is 1. The van der Waals surface area contributed by atoms with Crippen LogP contribution in [0.4, 0.5) is 11.5 Å². The van der Waals surface area contributed by atoms with Crippen molar-refractivity contribution < 1.29 is 9.59 Å². The van der Waals surface area contributed by atoms with E-state index in [0.717, 1.165) is 10.1 Å². The van der Waals surface area contributed by atoms with Crippen molar-refractivity contribution in [2.45, 2.75) is 20.0 Å². The summed E-state index contributed by atoms with van der Waals surface area (Å²) < 4.78 is 2.16. The number of nitrogen functional groups attached to an aromatic ring is 1. The minimum absolute atomic E-state index is 0.0700. The van der Waals surface area contributed by atoms with Crippen LogP contribution in [0.15, 0.2) is 58.1 Å². The third-order valence-corrected chi connectivity index (χ3v) is 5.17. The maximum absolute atomic E-state index is 13.0. The molecule has 3 rings (SSSR count). The van der Waals surface area contributed by atoms with Crippen molar-refractivity contribution in [3.8, 4) is 0 Å². The molecule has 2 aromatic carbocycles. The summed E-state index contributed by atoms with van der Waals surface area (Å²) in [5.41, 5.74) is 11.0. The van der Waals surface area contributed by atoms with Crippen LogP contribution in [0.25, 0.3) is 0 Å². The van der Waals surface area contributed by atoms with Crippen molar-refractivity contribution in [1.82, 2.24) is 9.13 Å². The average Bonchev–Trinajstić information content (AvgIpc) is 2.76. The van der Waals surface area contributed by atoms with Crippen molar-refractivity contribution in [3.05, 3.63) is 91.1 Å². The molecule has 1 amide bonds. The van der Waals surface area contributed by atoms with Crippen molar-refractivity contribution in [2.75, 3.05) is 17.6 Å². The van der Waals surface area contributed by atoms with Crippen molar-refractivity contribution >= 4 is 34.8 Å². The molecule has 1 heterocycles. The molecule has 5 N–H and O–H groups in total. The molecule has 32 heavy (non-hydrogen) atoms. The molecule has 0 aliphatic carbocycles. The van der Waals surface area contributed by atoms with Crippen LogP contribution < -0.4 is 28.0 Å². The number of nitrogens with zero attached hydrogens (tertiary/aromatic N) is 2. The zero-order valence-corrected chi connectivity index (χ0v) is 18.1. The van der Waals surface area contributed by atoms with Gasteiger partial charge in [-0.25, -0.2) is 4.79 Å². The highest BCUT2D eigenvalue weighted by atomic mass is 35.5. The highest BCUT2D eigenvalue weighted by Crippen LogP contribution is 2.21. The normalized spacial score (nSPS) is 10.7. The molecule has 0 spiro atoms. The first-order chi connectivity index (χ1) is 15.2. The molecule has 0 aliphatic heterocycles. The Morgan fingerprint density at radius 2 is 1.75 bits per heavy atom. The molecule has 166 valence electrons. The van der Waals surface area contributed by atoms with Crippen LogP contribution in [-0.2, 0) is 13.1 Å². The second kappa shape index (κ2) is 9.52. The number of primary amides is 1. The molecule has 0 fully saturated rings.